The molecule has 0 aliphatic carbocycles. The van der Waals surface area contributed by atoms with E-state index in [0.29, 0.717) is 29.3 Å². The van der Waals surface area contributed by atoms with Crippen molar-refractivity contribution < 1.29 is 14.3 Å². The summed E-state index contributed by atoms with van der Waals surface area (Å²) < 4.78 is 6.87. The topological polar surface area (TPSA) is 76.5 Å². The fourth-order valence-corrected chi connectivity index (χ4v) is 3.70. The van der Waals surface area contributed by atoms with Crippen molar-refractivity contribution >= 4 is 34.4 Å². The van der Waals surface area contributed by atoms with Crippen molar-refractivity contribution in [2.75, 3.05) is 19.1 Å². The average molecular weight is 399 g/mol. The Morgan fingerprint density at radius 2 is 2.07 bits per heavy atom. The molecule has 1 unspecified atom stereocenters. The third-order valence-electron chi connectivity index (χ3n) is 4.89. The predicted molar refractivity (Wildman–Crippen MR) is 106 cm³/mol. The number of benzene rings is 2. The minimum atomic E-state index is -0.572. The lowest BCUT2D eigenvalue weighted by Gasteiger charge is -2.25. The Bertz CT molecular complexity index is 1050. The number of rotatable bonds is 4. The number of amides is 2. The second kappa shape index (κ2) is 7.52. The third kappa shape index (κ3) is 3.29. The number of hydrogen-bond donors (Lipinski definition) is 1. The smallest absolute Gasteiger partial charge is 0.261 e. The number of nitrogens with one attached hydrogen (secondary N) is 1. The van der Waals surface area contributed by atoms with Crippen molar-refractivity contribution in [1.29, 1.82) is 0 Å². The molecule has 3 aromatic rings. The highest BCUT2D eigenvalue weighted by molar-refractivity contribution is 6.31. The van der Waals surface area contributed by atoms with Crippen LogP contribution in [-0.2, 0) is 4.79 Å². The Balaban J connectivity index is 1.57. The molecule has 2 heterocycles. The van der Waals surface area contributed by atoms with E-state index < -0.39 is 6.04 Å². The quantitative estimate of drug-likeness (QED) is 0.732. The highest BCUT2D eigenvalue weighted by Gasteiger charge is 2.36. The average Bonchev–Trinajstić information content (AvgIpc) is 3.35. The molecule has 1 aromatic heterocycles. The van der Waals surface area contributed by atoms with Crippen LogP contribution in [0.4, 0.5) is 0 Å². The zero-order valence-electron chi connectivity index (χ0n) is 15.3. The first-order chi connectivity index (χ1) is 13.6. The first-order valence-corrected chi connectivity index (χ1v) is 9.34. The van der Waals surface area contributed by atoms with Crippen LogP contribution in [0.5, 0.6) is 5.75 Å². The summed E-state index contributed by atoms with van der Waals surface area (Å²) in [4.78, 5) is 31.9. The number of imidazole rings is 1. The van der Waals surface area contributed by atoms with E-state index in [1.54, 1.807) is 34.1 Å². The lowest BCUT2D eigenvalue weighted by molar-refractivity contribution is -0.120. The van der Waals surface area contributed by atoms with Crippen molar-refractivity contribution in [3.8, 4) is 5.75 Å². The van der Waals surface area contributed by atoms with Gasteiger partial charge in [-0.1, -0.05) is 23.7 Å². The molecule has 0 saturated carbocycles. The van der Waals surface area contributed by atoms with Crippen LogP contribution < -0.4 is 10.2 Å². The van der Waals surface area contributed by atoms with Gasteiger partial charge in [0.05, 0.1) is 23.7 Å². The number of hydrogen-bond acceptors (Lipinski definition) is 4. The van der Waals surface area contributed by atoms with Gasteiger partial charge in [-0.15, -0.1) is 0 Å². The van der Waals surface area contributed by atoms with Crippen LogP contribution in [-0.4, -0.2) is 46.1 Å². The maximum atomic E-state index is 13.1. The zero-order chi connectivity index (χ0) is 19.7. The molecule has 8 heteroatoms. The van der Waals surface area contributed by atoms with Gasteiger partial charge in [-0.05, 0) is 43.2 Å². The summed E-state index contributed by atoms with van der Waals surface area (Å²) in [6, 6.07) is 11.8. The van der Waals surface area contributed by atoms with E-state index in [-0.39, 0.29) is 11.8 Å². The molecule has 1 aliphatic heterocycles. The number of para-hydroxylation sites is 2. The minimum Gasteiger partial charge on any atom is -0.496 e. The Kier molecular flexibility index (Phi) is 4.92. The summed E-state index contributed by atoms with van der Waals surface area (Å²) in [5.41, 5.74) is 4.77. The molecule has 0 spiro atoms. The maximum absolute atomic E-state index is 13.1. The van der Waals surface area contributed by atoms with Crippen molar-refractivity contribution in [1.82, 2.24) is 14.6 Å². The molecule has 4 rings (SSSR count). The molecule has 28 heavy (non-hydrogen) atoms. The van der Waals surface area contributed by atoms with Gasteiger partial charge in [-0.25, -0.2) is 9.66 Å². The van der Waals surface area contributed by atoms with Gasteiger partial charge >= 0.3 is 0 Å². The van der Waals surface area contributed by atoms with E-state index >= 15 is 0 Å². The Labute approximate surface area is 166 Å². The molecule has 1 N–H and O–H groups in total. The summed E-state index contributed by atoms with van der Waals surface area (Å²) in [5.74, 6) is -0.0939. The molecule has 1 aliphatic rings. The lowest BCUT2D eigenvalue weighted by Crippen LogP contribution is -2.45. The van der Waals surface area contributed by atoms with Crippen LogP contribution in [0.2, 0.25) is 5.02 Å². The Morgan fingerprint density at radius 1 is 1.25 bits per heavy atom. The molecule has 1 atom stereocenters. The molecule has 144 valence electrons. The number of methoxy groups -OCH3 is 1. The number of aromatic nitrogens is 2. The first-order valence-electron chi connectivity index (χ1n) is 8.96. The van der Waals surface area contributed by atoms with Gasteiger partial charge in [-0.3, -0.25) is 15.0 Å². The standard InChI is InChI=1S/C20H19ClN4O3/c1-28-18-9-8-13(21)11-14(18)20(27)24-10-4-7-17(24)19(26)23-25-12-22-15-5-2-3-6-16(15)25/h2-3,5-6,8-9,11-12,17H,4,7,10H2,1H3,(H,23,26). The first kappa shape index (κ1) is 18.3. The van der Waals surface area contributed by atoms with Crippen LogP contribution in [0.1, 0.15) is 23.2 Å². The SMILES string of the molecule is COc1ccc(Cl)cc1C(=O)N1CCCC1C(=O)Nn1cnc2ccccc21. The number of fused-ring (bicyclic) bond motifs is 1. The third-order valence-corrected chi connectivity index (χ3v) is 5.13. The molecule has 0 bridgehead atoms. The maximum Gasteiger partial charge on any atom is 0.261 e. The van der Waals surface area contributed by atoms with Crippen LogP contribution >= 0.6 is 11.6 Å². The number of carbonyl (C=O) groups is 2. The number of likely N-dealkylation sites (tertiary alicyclic amines) is 1. The van der Waals surface area contributed by atoms with E-state index in [4.69, 9.17) is 16.3 Å². The molecular formula is C20H19ClN4O3. The van der Waals surface area contributed by atoms with E-state index in [0.717, 1.165) is 17.5 Å². The van der Waals surface area contributed by atoms with Crippen molar-refractivity contribution in [2.24, 2.45) is 0 Å². The van der Waals surface area contributed by atoms with Crippen molar-refractivity contribution in [3.63, 3.8) is 0 Å². The summed E-state index contributed by atoms with van der Waals surface area (Å²) in [6.45, 7) is 0.497. The number of halogens is 1. The van der Waals surface area contributed by atoms with E-state index in [2.05, 4.69) is 10.4 Å². The van der Waals surface area contributed by atoms with Gasteiger partial charge in [0, 0.05) is 11.6 Å². The van der Waals surface area contributed by atoms with Crippen LogP contribution in [0.25, 0.3) is 11.0 Å². The van der Waals surface area contributed by atoms with Gasteiger partial charge in [0.15, 0.2) is 0 Å². The van der Waals surface area contributed by atoms with Crippen molar-refractivity contribution in [2.45, 2.75) is 18.9 Å². The molecule has 2 amide bonds. The fraction of sp³-hybridized carbons (Fsp3) is 0.250. The summed E-state index contributed by atoms with van der Waals surface area (Å²) in [5, 5.41) is 0.439. The summed E-state index contributed by atoms with van der Waals surface area (Å²) in [7, 11) is 1.50. The fourth-order valence-electron chi connectivity index (χ4n) is 3.53. The van der Waals surface area contributed by atoms with Gasteiger partial charge in [0.2, 0.25) is 0 Å². The molecule has 7 nitrogen and oxygen atoms in total. The largest absolute Gasteiger partial charge is 0.496 e. The highest BCUT2D eigenvalue weighted by Crippen LogP contribution is 2.28. The molecule has 1 saturated heterocycles. The molecule has 1 fully saturated rings. The Morgan fingerprint density at radius 3 is 2.89 bits per heavy atom. The van der Waals surface area contributed by atoms with E-state index in [1.165, 1.54) is 7.11 Å². The van der Waals surface area contributed by atoms with E-state index in [9.17, 15) is 9.59 Å². The van der Waals surface area contributed by atoms with Gasteiger partial charge in [-0.2, -0.15) is 0 Å². The summed E-state index contributed by atoms with van der Waals surface area (Å²) >= 11 is 6.06. The van der Waals surface area contributed by atoms with Gasteiger partial charge < -0.3 is 9.64 Å². The van der Waals surface area contributed by atoms with Crippen molar-refractivity contribution in [3.05, 3.63) is 59.4 Å². The second-order valence-electron chi connectivity index (χ2n) is 6.58. The minimum absolute atomic E-state index is 0.255. The highest BCUT2D eigenvalue weighted by atomic mass is 35.5. The van der Waals surface area contributed by atoms with Gasteiger partial charge in [0.25, 0.3) is 11.8 Å². The molecule has 2 aromatic carbocycles. The Hall–Kier alpha value is -3.06. The molecular weight excluding hydrogens is 380 g/mol. The summed E-state index contributed by atoms with van der Waals surface area (Å²) in [6.07, 6.45) is 2.90. The normalized spacial score (nSPS) is 16.4. The monoisotopic (exact) mass is 398 g/mol. The van der Waals surface area contributed by atoms with Crippen LogP contribution in [0.3, 0.4) is 0 Å². The number of nitrogens with zero attached hydrogens (tertiary/aromatic N) is 3. The molecule has 0 radical (unpaired) electrons. The lowest BCUT2D eigenvalue weighted by atomic mass is 10.1. The second-order valence-corrected chi connectivity index (χ2v) is 7.02. The van der Waals surface area contributed by atoms with Gasteiger partial charge in [0.1, 0.15) is 18.1 Å². The predicted octanol–water partition coefficient (Wildman–Crippen LogP) is 3.07. The van der Waals surface area contributed by atoms with Crippen LogP contribution in [0.15, 0.2) is 48.8 Å². The van der Waals surface area contributed by atoms with E-state index in [1.807, 2.05) is 24.3 Å². The van der Waals surface area contributed by atoms with Crippen LogP contribution in [0, 0.1) is 0 Å². The number of carbonyl (C=O) groups excluding carboxylic acids is 2. The number of ether oxygens (including phenoxy) is 1. The zero-order valence-corrected chi connectivity index (χ0v) is 16.0.